The summed E-state index contributed by atoms with van der Waals surface area (Å²) < 4.78 is 0. The molecule has 0 fully saturated rings. The largest absolute Gasteiger partial charge is 0.129 e. The molecule has 0 spiro atoms. The van der Waals surface area contributed by atoms with E-state index in [0.717, 1.165) is 0 Å². The minimum Gasteiger partial charge on any atom is -0.0844 e. The minimum atomic E-state index is 0.353. The molecule has 2 atom stereocenters. The van der Waals surface area contributed by atoms with Crippen molar-refractivity contribution in [2.45, 2.75) is 39.3 Å². The number of fused-ring (bicyclic) bond motifs is 1. The molecule has 0 aliphatic heterocycles. The second-order valence-corrected chi connectivity index (χ2v) is 5.86. The Balaban J connectivity index is 2.12. The lowest BCUT2D eigenvalue weighted by Crippen LogP contribution is -2.21. The first-order chi connectivity index (χ1) is 7.48. The topological polar surface area (TPSA) is 0 Å². The summed E-state index contributed by atoms with van der Waals surface area (Å²) in [6, 6.07) is 8.68. The summed E-state index contributed by atoms with van der Waals surface area (Å²) in [5, 5.41) is 0. The molecule has 1 aromatic rings. The van der Waals surface area contributed by atoms with Crippen LogP contribution < -0.4 is 0 Å². The summed E-state index contributed by atoms with van der Waals surface area (Å²) in [5.74, 6) is 1.12. The molecule has 0 aromatic heterocycles. The average molecular weight is 211 g/mol. The fourth-order valence-corrected chi connectivity index (χ4v) is 2.04. The number of rotatable bonds is 2. The zero-order valence-corrected chi connectivity index (χ0v) is 10.7. The maximum Gasteiger partial charge on any atom is 0.129 e. The second-order valence-electron chi connectivity index (χ2n) is 5.86. The first-order valence-electron chi connectivity index (χ1n) is 6.10. The highest BCUT2D eigenvalue weighted by Crippen LogP contribution is 2.37. The molecule has 1 radical (unpaired) electrons. The molecule has 83 valence electrons. The number of allylic oxidation sites excluding steroid dienone is 1. The molecule has 0 nitrogen and oxygen atoms in total. The highest BCUT2D eigenvalue weighted by Gasteiger charge is 2.26. The standard InChI is InChI=1S/C15H20B/c1-11(15(2,3)4)16-14-10-9-12-7-5-6-8-13(12)14/h5-11,14H,1-4H3. The normalized spacial score (nSPS) is 20.6. The Bertz CT molecular complexity index is 398. The number of hydrogen-bond donors (Lipinski definition) is 0. The average Bonchev–Trinajstić information content (AvgIpc) is 2.61. The Morgan fingerprint density at radius 1 is 1.19 bits per heavy atom. The maximum atomic E-state index is 2.47. The van der Waals surface area contributed by atoms with E-state index in [-0.39, 0.29) is 0 Å². The zero-order chi connectivity index (χ0) is 11.8. The summed E-state index contributed by atoms with van der Waals surface area (Å²) >= 11 is 0. The van der Waals surface area contributed by atoms with Gasteiger partial charge in [0, 0.05) is 0 Å². The molecule has 16 heavy (non-hydrogen) atoms. The van der Waals surface area contributed by atoms with Gasteiger partial charge in [0.2, 0.25) is 0 Å². The summed E-state index contributed by atoms with van der Waals surface area (Å²) in [6.45, 7) is 9.23. The van der Waals surface area contributed by atoms with Crippen LogP contribution in [0.5, 0.6) is 0 Å². The highest BCUT2D eigenvalue weighted by atomic mass is 14.2. The molecular weight excluding hydrogens is 191 g/mol. The number of hydrogen-bond acceptors (Lipinski definition) is 0. The monoisotopic (exact) mass is 211 g/mol. The zero-order valence-electron chi connectivity index (χ0n) is 10.7. The third-order valence-corrected chi connectivity index (χ3v) is 3.70. The molecule has 1 aromatic carbocycles. The third-order valence-electron chi connectivity index (χ3n) is 3.70. The lowest BCUT2D eigenvalue weighted by Gasteiger charge is -2.28. The van der Waals surface area contributed by atoms with Crippen molar-refractivity contribution in [2.24, 2.45) is 5.41 Å². The Morgan fingerprint density at radius 3 is 2.56 bits per heavy atom. The van der Waals surface area contributed by atoms with Crippen LogP contribution in [0.3, 0.4) is 0 Å². The van der Waals surface area contributed by atoms with E-state index in [1.165, 1.54) is 11.1 Å². The number of benzene rings is 1. The van der Waals surface area contributed by atoms with Crippen LogP contribution in [0.2, 0.25) is 5.82 Å². The van der Waals surface area contributed by atoms with Gasteiger partial charge >= 0.3 is 0 Å². The molecular formula is C15H20B. The van der Waals surface area contributed by atoms with Gasteiger partial charge < -0.3 is 0 Å². The van der Waals surface area contributed by atoms with Crippen molar-refractivity contribution in [2.75, 3.05) is 0 Å². The molecule has 2 rings (SSSR count). The quantitative estimate of drug-likeness (QED) is 0.639. The van der Waals surface area contributed by atoms with Crippen molar-refractivity contribution in [1.82, 2.24) is 0 Å². The SMILES string of the molecule is CC([B]C1C=Cc2ccccc21)C(C)(C)C. The van der Waals surface area contributed by atoms with Gasteiger partial charge in [0.1, 0.15) is 7.28 Å². The van der Waals surface area contributed by atoms with E-state index in [0.29, 0.717) is 17.0 Å². The van der Waals surface area contributed by atoms with Crippen molar-refractivity contribution < 1.29 is 0 Å². The van der Waals surface area contributed by atoms with Crippen molar-refractivity contribution in [3.05, 3.63) is 41.5 Å². The lowest BCUT2D eigenvalue weighted by molar-refractivity contribution is 0.393. The molecule has 0 saturated heterocycles. The molecule has 1 aliphatic rings. The van der Waals surface area contributed by atoms with E-state index in [2.05, 4.69) is 71.4 Å². The summed E-state index contributed by atoms with van der Waals surface area (Å²) in [4.78, 5) is 0. The van der Waals surface area contributed by atoms with Crippen molar-refractivity contribution >= 4 is 13.4 Å². The third kappa shape index (κ3) is 2.24. The summed E-state index contributed by atoms with van der Waals surface area (Å²) in [5.41, 5.74) is 3.19. The van der Waals surface area contributed by atoms with Crippen LogP contribution in [0, 0.1) is 5.41 Å². The molecule has 0 saturated carbocycles. The van der Waals surface area contributed by atoms with Gasteiger partial charge in [0.05, 0.1) is 0 Å². The van der Waals surface area contributed by atoms with Crippen molar-refractivity contribution in [1.29, 1.82) is 0 Å². The Morgan fingerprint density at radius 2 is 1.88 bits per heavy atom. The summed E-state index contributed by atoms with van der Waals surface area (Å²) in [7, 11) is 2.47. The Hall–Kier alpha value is -0.975. The van der Waals surface area contributed by atoms with Gasteiger partial charge in [0.15, 0.2) is 0 Å². The van der Waals surface area contributed by atoms with Gasteiger partial charge in [-0.15, -0.1) is 0 Å². The Labute approximate surface area is 100 Å². The van der Waals surface area contributed by atoms with Crippen LogP contribution in [-0.4, -0.2) is 7.28 Å². The second kappa shape index (κ2) is 4.12. The van der Waals surface area contributed by atoms with Crippen LogP contribution in [0.1, 0.15) is 44.6 Å². The van der Waals surface area contributed by atoms with E-state index in [1.54, 1.807) is 0 Å². The van der Waals surface area contributed by atoms with Gasteiger partial charge in [-0.2, -0.15) is 0 Å². The first-order valence-corrected chi connectivity index (χ1v) is 6.10. The molecule has 0 bridgehead atoms. The molecule has 1 heteroatoms. The van der Waals surface area contributed by atoms with Crippen LogP contribution in [0.15, 0.2) is 30.3 Å². The van der Waals surface area contributed by atoms with Crippen LogP contribution in [-0.2, 0) is 0 Å². The minimum absolute atomic E-state index is 0.353. The molecule has 0 amide bonds. The molecule has 0 heterocycles. The highest BCUT2D eigenvalue weighted by molar-refractivity contribution is 6.41. The molecule has 0 N–H and O–H groups in total. The van der Waals surface area contributed by atoms with Gasteiger partial charge in [-0.05, 0) is 22.4 Å². The van der Waals surface area contributed by atoms with Crippen LogP contribution >= 0.6 is 0 Å². The van der Waals surface area contributed by atoms with Crippen molar-refractivity contribution in [3.8, 4) is 0 Å². The lowest BCUT2D eigenvalue weighted by atomic mass is 9.48. The van der Waals surface area contributed by atoms with Gasteiger partial charge in [-0.1, -0.05) is 69.9 Å². The van der Waals surface area contributed by atoms with E-state index >= 15 is 0 Å². The maximum absolute atomic E-state index is 2.47. The van der Waals surface area contributed by atoms with Gasteiger partial charge in [-0.3, -0.25) is 0 Å². The fraction of sp³-hybridized carbons (Fsp3) is 0.467. The smallest absolute Gasteiger partial charge is 0.0844 e. The van der Waals surface area contributed by atoms with Crippen LogP contribution in [0.25, 0.3) is 6.08 Å². The van der Waals surface area contributed by atoms with E-state index in [1.807, 2.05) is 0 Å². The molecule has 1 aliphatic carbocycles. The van der Waals surface area contributed by atoms with Gasteiger partial charge in [-0.25, -0.2) is 0 Å². The Kier molecular flexibility index (Phi) is 2.97. The van der Waals surface area contributed by atoms with Gasteiger partial charge in [0.25, 0.3) is 0 Å². The molecule has 2 unspecified atom stereocenters. The fourth-order valence-electron chi connectivity index (χ4n) is 2.04. The van der Waals surface area contributed by atoms with E-state index in [4.69, 9.17) is 0 Å². The van der Waals surface area contributed by atoms with Crippen molar-refractivity contribution in [3.63, 3.8) is 0 Å². The predicted molar refractivity (Wildman–Crippen MR) is 72.9 cm³/mol. The predicted octanol–water partition coefficient (Wildman–Crippen LogP) is 4.31. The summed E-state index contributed by atoms with van der Waals surface area (Å²) in [6.07, 6.45) is 4.55. The van der Waals surface area contributed by atoms with Crippen LogP contribution in [0.4, 0.5) is 0 Å². The van der Waals surface area contributed by atoms with E-state index in [9.17, 15) is 0 Å². The van der Waals surface area contributed by atoms with E-state index < -0.39 is 0 Å². The first kappa shape index (κ1) is 11.5.